The van der Waals surface area contributed by atoms with Crippen molar-refractivity contribution < 1.29 is 106 Å². The molecule has 0 heterocycles. The van der Waals surface area contributed by atoms with Crippen LogP contribution in [0.5, 0.6) is 0 Å². The van der Waals surface area contributed by atoms with Gasteiger partial charge in [0, 0.05) is 38.5 Å². The molecule has 40 nitrogen and oxygen atoms in total. The van der Waals surface area contributed by atoms with Crippen molar-refractivity contribution in [1.29, 1.82) is 0 Å². The quantitative estimate of drug-likeness (QED) is 0.0224. The Kier molecular flexibility index (Phi) is 48.9. The first-order valence-corrected chi connectivity index (χ1v) is 45.2. The van der Waals surface area contributed by atoms with Gasteiger partial charge in [0.25, 0.3) is 0 Å². The van der Waals surface area contributed by atoms with E-state index >= 15 is 0 Å². The molecular formula is C88H124N18O22S2. The average Bonchev–Trinajstić information content (AvgIpc) is 0.837. The third kappa shape index (κ3) is 41.6. The number of amides is 18. The Balaban J connectivity index is 1.40. The Morgan fingerprint density at radius 1 is 0.292 bits per heavy atom. The predicted octanol–water partition coefficient (Wildman–Crippen LogP) is -2.15. The number of aliphatic carboxylic acids is 2. The molecule has 710 valence electrons. The molecule has 4 aromatic rings. The molecule has 0 aliphatic carbocycles. The number of hydrogen-bond donors (Lipinski definition) is 20. The number of imide groups is 2. The van der Waals surface area contributed by atoms with Crippen molar-refractivity contribution in [2.24, 2.45) is 35.1 Å². The Labute approximate surface area is 763 Å². The fourth-order valence-corrected chi connectivity index (χ4v) is 13.9. The molecule has 130 heavy (non-hydrogen) atoms. The van der Waals surface area contributed by atoms with E-state index in [1.165, 1.54) is 23.5 Å². The minimum absolute atomic E-state index is 0.00476. The lowest BCUT2D eigenvalue weighted by molar-refractivity contribution is -0.141. The highest BCUT2D eigenvalue weighted by molar-refractivity contribution is 7.98. The Hall–Kier alpha value is -12.7. The Morgan fingerprint density at radius 2 is 0.538 bits per heavy atom. The van der Waals surface area contributed by atoms with Crippen LogP contribution in [-0.4, -0.2) is 251 Å². The highest BCUT2D eigenvalue weighted by atomic mass is 32.2. The molecule has 0 saturated carbocycles. The third-order valence-electron chi connectivity index (χ3n) is 19.7. The summed E-state index contributed by atoms with van der Waals surface area (Å²) in [5.41, 5.74) is 13.1. The van der Waals surface area contributed by atoms with Crippen LogP contribution in [0.2, 0.25) is 0 Å². The minimum atomic E-state index is -1.65. The topological polar surface area (TPSA) is 626 Å². The van der Waals surface area contributed by atoms with Crippen molar-refractivity contribution in [3.05, 3.63) is 144 Å². The van der Waals surface area contributed by atoms with Gasteiger partial charge >= 0.3 is 11.9 Å². The first kappa shape index (κ1) is 110. The van der Waals surface area contributed by atoms with Crippen molar-refractivity contribution >= 4 is 142 Å². The molecule has 0 saturated heterocycles. The first-order valence-electron chi connectivity index (χ1n) is 42.4. The molecule has 42 heteroatoms. The summed E-state index contributed by atoms with van der Waals surface area (Å²) in [7, 11) is 0. The van der Waals surface area contributed by atoms with Gasteiger partial charge in [0.2, 0.25) is 106 Å². The summed E-state index contributed by atoms with van der Waals surface area (Å²) in [5, 5.41) is 58.9. The molecular weight excluding hydrogens is 1730 g/mol. The molecule has 0 aliphatic rings. The minimum Gasteiger partial charge on any atom is -0.481 e. The van der Waals surface area contributed by atoms with Gasteiger partial charge in [0.1, 0.15) is 72.5 Å². The fraction of sp³-hybridized carbons (Fsp3) is 0.500. The van der Waals surface area contributed by atoms with Crippen LogP contribution < -0.4 is 96.5 Å². The molecule has 4 aromatic carbocycles. The number of carbonyl (C=O) groups is 20. The van der Waals surface area contributed by atoms with E-state index in [1.807, 2.05) is 0 Å². The van der Waals surface area contributed by atoms with Crippen LogP contribution in [0.25, 0.3) is 0 Å². The van der Waals surface area contributed by atoms with Gasteiger partial charge < -0.3 is 96.1 Å². The SMILES string of the molecule is CSCC[C@H](NC(=O)[C@H](CC(C)C)NC(=O)CNC(=O)[C@@H](NC(=O)[C@H](Cc1ccccc1)NC(=O)[C@H](Cc1ccccc1)NC(=O)[C@H](CC(=O)O)NC(=O)CN)C(C)C)C(=O)NC(=O)CCC(=O)NC(=O)[C@H](CCSC)NC(=O)[C@H](CC(C)C)NC(=O)CNC(=O)[C@@H](NC(=O)[C@H](Cc1ccccc1)NC(=O)[C@H](Cc1ccccc1)NC(=O)[C@H](CC(=O)O)NC(=O)CN)C(C)C. The predicted molar refractivity (Wildman–Crippen MR) is 483 cm³/mol. The lowest BCUT2D eigenvalue weighted by Crippen LogP contribution is -2.60. The number of thioether (sulfide) groups is 2. The first-order chi connectivity index (χ1) is 61.6. The van der Waals surface area contributed by atoms with Crippen molar-refractivity contribution in [2.45, 2.75) is 205 Å². The number of carbonyl (C=O) groups excluding carboxylic acids is 18. The highest BCUT2D eigenvalue weighted by Crippen LogP contribution is 2.16. The van der Waals surface area contributed by atoms with Crippen LogP contribution in [0, 0.1) is 23.7 Å². The maximum atomic E-state index is 14.4. The standard InChI is InChI=1S/C88H124N18O22S2/c1-49(2)37-59(95-71(111)47-91-87(127)75(51(5)6)105-85(125)63(41-55-27-19-13-20-28-55)101-81(121)61(39-53-23-15-11-16-24-53)99-83(123)65(43-73(113)114)93-69(109)45-89)79(119)97-57(33-35-129-9)77(117)103-67(107)31-32-68(108)104-78(118)58(34-36-130-10)98-80(120)60(38-50(3)4)96-72(112)48-92-88(128)76(52(7)8)106-86(126)64(42-56-29-21-14-22-30-56)102-82(122)62(40-54-25-17-12-18-26-54)100-84(124)66(44-74(115)116)94-70(110)46-90/h11-30,49-52,57-66,75-76H,31-48,89-90H2,1-10H3,(H,91,127)(H,92,128)(H,93,109)(H,94,110)(H,95,111)(H,96,112)(H,97,119)(H,98,120)(H,99,123)(H,100,124)(H,101,121)(H,102,122)(H,105,125)(H,106,126)(H,113,114)(H,115,116)(H,103,107,117)(H,104,108,118)/t57-,58-,59-,60-,61-,62-,63-,64-,65-,66-,75-,76-/m0/s1. The largest absolute Gasteiger partial charge is 0.481 e. The van der Waals surface area contributed by atoms with Gasteiger partial charge in [-0.1, -0.05) is 177 Å². The smallest absolute Gasteiger partial charge is 0.305 e. The molecule has 0 bridgehead atoms. The molecule has 0 aromatic heterocycles. The second kappa shape index (κ2) is 58.0. The number of carboxylic acids is 2. The summed E-state index contributed by atoms with van der Waals surface area (Å²) in [4.78, 5) is 271. The number of hydrogen-bond acceptors (Lipinski definition) is 24. The fourth-order valence-electron chi connectivity index (χ4n) is 13.0. The summed E-state index contributed by atoms with van der Waals surface area (Å²) in [6.07, 6.45) is -0.299. The van der Waals surface area contributed by atoms with E-state index in [4.69, 9.17) is 11.5 Å². The average molecular weight is 1850 g/mol. The summed E-state index contributed by atoms with van der Waals surface area (Å²) < 4.78 is 0. The highest BCUT2D eigenvalue weighted by Gasteiger charge is 2.38. The van der Waals surface area contributed by atoms with Crippen molar-refractivity contribution in [3.63, 3.8) is 0 Å². The number of rotatable bonds is 57. The van der Waals surface area contributed by atoms with Crippen LogP contribution in [0.1, 0.15) is 129 Å². The van der Waals surface area contributed by atoms with E-state index in [2.05, 4.69) is 85.1 Å². The van der Waals surface area contributed by atoms with E-state index in [0.717, 1.165) is 0 Å². The number of carboxylic acid groups (broad SMARTS) is 2. The van der Waals surface area contributed by atoms with E-state index in [9.17, 15) is 106 Å². The van der Waals surface area contributed by atoms with Crippen LogP contribution in [0.15, 0.2) is 121 Å². The normalized spacial score (nSPS) is 13.8. The van der Waals surface area contributed by atoms with Gasteiger partial charge in [-0.15, -0.1) is 0 Å². The zero-order valence-electron chi connectivity index (χ0n) is 74.5. The third-order valence-corrected chi connectivity index (χ3v) is 21.0. The second-order valence-corrected chi connectivity index (χ2v) is 34.2. The molecule has 0 unspecified atom stereocenters. The second-order valence-electron chi connectivity index (χ2n) is 32.3. The van der Waals surface area contributed by atoms with Crippen molar-refractivity contribution in [1.82, 2.24) is 85.1 Å². The van der Waals surface area contributed by atoms with Crippen LogP contribution in [-0.2, 0) is 122 Å². The summed E-state index contributed by atoms with van der Waals surface area (Å²) >= 11 is 2.60. The molecule has 18 amide bonds. The van der Waals surface area contributed by atoms with Gasteiger partial charge in [-0.05, 0) is 95.6 Å². The number of nitrogens with one attached hydrogen (secondary N) is 16. The van der Waals surface area contributed by atoms with Crippen LogP contribution >= 0.6 is 23.5 Å². The monoisotopic (exact) mass is 1850 g/mol. The van der Waals surface area contributed by atoms with Gasteiger partial charge in [-0.2, -0.15) is 23.5 Å². The maximum Gasteiger partial charge on any atom is 0.305 e. The van der Waals surface area contributed by atoms with Crippen molar-refractivity contribution in [2.75, 3.05) is 50.2 Å². The Bertz CT molecular complexity index is 4220. The van der Waals surface area contributed by atoms with Gasteiger partial charge in [0.15, 0.2) is 0 Å². The van der Waals surface area contributed by atoms with Crippen LogP contribution in [0.3, 0.4) is 0 Å². The van der Waals surface area contributed by atoms with Gasteiger partial charge in [0.05, 0.1) is 39.0 Å². The summed E-state index contributed by atoms with van der Waals surface area (Å²) in [6.45, 7) is 10.8. The summed E-state index contributed by atoms with van der Waals surface area (Å²) in [6, 6.07) is 16.4. The van der Waals surface area contributed by atoms with Crippen LogP contribution in [0.4, 0.5) is 0 Å². The molecule has 0 aliphatic heterocycles. The van der Waals surface area contributed by atoms with E-state index in [0.29, 0.717) is 22.3 Å². The zero-order valence-corrected chi connectivity index (χ0v) is 76.2. The van der Waals surface area contributed by atoms with E-state index in [1.54, 1.807) is 189 Å². The molecule has 0 fully saturated rings. The molecule has 4 rings (SSSR count). The Morgan fingerprint density at radius 3 is 0.785 bits per heavy atom. The van der Waals surface area contributed by atoms with E-state index < -0.39 is 254 Å². The molecule has 0 radical (unpaired) electrons. The van der Waals surface area contributed by atoms with E-state index in [-0.39, 0.29) is 74.7 Å². The molecule has 12 atom stereocenters. The van der Waals surface area contributed by atoms with Gasteiger partial charge in [-0.3, -0.25) is 107 Å². The maximum absolute atomic E-state index is 14.4. The molecule has 0 spiro atoms. The van der Waals surface area contributed by atoms with Gasteiger partial charge in [-0.25, -0.2) is 0 Å². The zero-order chi connectivity index (χ0) is 96.7. The number of benzene rings is 4. The summed E-state index contributed by atoms with van der Waals surface area (Å²) in [5.74, 6) is -20.6. The lowest BCUT2D eigenvalue weighted by Gasteiger charge is -2.28. The molecule has 22 N–H and O–H groups in total. The lowest BCUT2D eigenvalue weighted by atomic mass is 10.00. The van der Waals surface area contributed by atoms with Crippen molar-refractivity contribution in [3.8, 4) is 0 Å². The number of nitrogens with two attached hydrogens (primary N) is 2.